The smallest absolute Gasteiger partial charge is 0.374 e. The standard InChI is InChI=1S/C14H13NO4/c1-15-13(16)11-7-8-12(19-11)14(17)18-9-10-5-3-2-4-6-10/h2-8H,9H2,1H3,(H,15,16). The summed E-state index contributed by atoms with van der Waals surface area (Å²) in [6, 6.07) is 12.2. The van der Waals surface area contributed by atoms with Crippen LogP contribution in [0.3, 0.4) is 0 Å². The summed E-state index contributed by atoms with van der Waals surface area (Å²) in [6.45, 7) is 0.162. The van der Waals surface area contributed by atoms with Gasteiger partial charge in [-0.25, -0.2) is 4.79 Å². The second-order valence-corrected chi connectivity index (χ2v) is 3.80. The summed E-state index contributed by atoms with van der Waals surface area (Å²) in [6.07, 6.45) is 0. The van der Waals surface area contributed by atoms with E-state index in [4.69, 9.17) is 9.15 Å². The van der Waals surface area contributed by atoms with Gasteiger partial charge in [0, 0.05) is 7.05 Å². The van der Waals surface area contributed by atoms with Crippen LogP contribution in [0.2, 0.25) is 0 Å². The minimum absolute atomic E-state index is 0.00883. The highest BCUT2D eigenvalue weighted by Gasteiger charge is 2.15. The Morgan fingerprint density at radius 1 is 1.11 bits per heavy atom. The summed E-state index contributed by atoms with van der Waals surface area (Å²) in [5, 5.41) is 2.41. The Kier molecular flexibility index (Phi) is 3.97. The number of nitrogens with one attached hydrogen (secondary N) is 1. The SMILES string of the molecule is CNC(=O)c1ccc(C(=O)OCc2ccccc2)o1. The van der Waals surface area contributed by atoms with Crippen LogP contribution in [0, 0.1) is 0 Å². The molecule has 0 fully saturated rings. The van der Waals surface area contributed by atoms with Crippen LogP contribution in [0.4, 0.5) is 0 Å². The minimum atomic E-state index is -0.598. The normalized spacial score (nSPS) is 9.95. The van der Waals surface area contributed by atoms with E-state index in [9.17, 15) is 9.59 Å². The zero-order valence-electron chi connectivity index (χ0n) is 10.4. The highest BCUT2D eigenvalue weighted by molar-refractivity contribution is 5.93. The van der Waals surface area contributed by atoms with E-state index in [0.29, 0.717) is 0 Å². The third-order valence-electron chi connectivity index (χ3n) is 2.47. The highest BCUT2D eigenvalue weighted by Crippen LogP contribution is 2.10. The van der Waals surface area contributed by atoms with Gasteiger partial charge in [-0.05, 0) is 17.7 Å². The van der Waals surface area contributed by atoms with Crippen LogP contribution >= 0.6 is 0 Å². The number of benzene rings is 1. The molecule has 0 atom stereocenters. The molecule has 0 saturated carbocycles. The second-order valence-electron chi connectivity index (χ2n) is 3.80. The van der Waals surface area contributed by atoms with Gasteiger partial charge < -0.3 is 14.5 Å². The van der Waals surface area contributed by atoms with Crippen molar-refractivity contribution in [1.82, 2.24) is 5.32 Å². The quantitative estimate of drug-likeness (QED) is 0.853. The lowest BCUT2D eigenvalue weighted by Gasteiger charge is -2.02. The van der Waals surface area contributed by atoms with E-state index in [1.54, 1.807) is 0 Å². The van der Waals surface area contributed by atoms with Crippen molar-refractivity contribution in [2.24, 2.45) is 0 Å². The number of rotatable bonds is 4. The van der Waals surface area contributed by atoms with Crippen molar-refractivity contribution >= 4 is 11.9 Å². The van der Waals surface area contributed by atoms with E-state index in [1.807, 2.05) is 30.3 Å². The molecule has 0 spiro atoms. The number of furan rings is 1. The molecule has 98 valence electrons. The van der Waals surface area contributed by atoms with E-state index < -0.39 is 5.97 Å². The van der Waals surface area contributed by atoms with Crippen molar-refractivity contribution in [1.29, 1.82) is 0 Å². The summed E-state index contributed by atoms with van der Waals surface area (Å²) in [7, 11) is 1.48. The van der Waals surface area contributed by atoms with Gasteiger partial charge in [-0.2, -0.15) is 0 Å². The van der Waals surface area contributed by atoms with Crippen molar-refractivity contribution < 1.29 is 18.7 Å². The van der Waals surface area contributed by atoms with E-state index in [0.717, 1.165) is 5.56 Å². The Labute approximate surface area is 110 Å². The summed E-state index contributed by atoms with van der Waals surface area (Å²) in [4.78, 5) is 23.0. The third-order valence-corrected chi connectivity index (χ3v) is 2.47. The Balaban J connectivity index is 1.97. The van der Waals surface area contributed by atoms with Crippen molar-refractivity contribution in [3.8, 4) is 0 Å². The molecule has 1 N–H and O–H groups in total. The van der Waals surface area contributed by atoms with Crippen LogP contribution in [0.5, 0.6) is 0 Å². The topological polar surface area (TPSA) is 68.5 Å². The fourth-order valence-electron chi connectivity index (χ4n) is 1.49. The molecule has 0 aliphatic carbocycles. The van der Waals surface area contributed by atoms with E-state index in [2.05, 4.69) is 5.32 Å². The average Bonchev–Trinajstić information content (AvgIpc) is 2.95. The minimum Gasteiger partial charge on any atom is -0.455 e. The number of ether oxygens (including phenoxy) is 1. The van der Waals surface area contributed by atoms with Gasteiger partial charge in [-0.15, -0.1) is 0 Å². The maximum atomic E-state index is 11.7. The summed E-state index contributed by atoms with van der Waals surface area (Å²) >= 11 is 0. The molecule has 1 aromatic carbocycles. The average molecular weight is 259 g/mol. The van der Waals surface area contributed by atoms with Gasteiger partial charge in [0.05, 0.1) is 0 Å². The zero-order chi connectivity index (χ0) is 13.7. The first-order valence-corrected chi connectivity index (χ1v) is 5.73. The largest absolute Gasteiger partial charge is 0.455 e. The lowest BCUT2D eigenvalue weighted by atomic mass is 10.2. The molecule has 1 aromatic heterocycles. The summed E-state index contributed by atoms with van der Waals surface area (Å²) in [5.41, 5.74) is 0.883. The van der Waals surface area contributed by atoms with Gasteiger partial charge >= 0.3 is 5.97 Å². The molecule has 0 unspecified atom stereocenters. The van der Waals surface area contributed by atoms with E-state index >= 15 is 0 Å². The van der Waals surface area contributed by atoms with Crippen LogP contribution in [0.1, 0.15) is 26.7 Å². The first kappa shape index (κ1) is 12.9. The molecule has 19 heavy (non-hydrogen) atoms. The maximum Gasteiger partial charge on any atom is 0.374 e. The van der Waals surface area contributed by atoms with Gasteiger partial charge in [-0.1, -0.05) is 30.3 Å². The third kappa shape index (κ3) is 3.22. The number of carbonyl (C=O) groups is 2. The summed E-state index contributed by atoms with van der Waals surface area (Å²) < 4.78 is 10.2. The first-order chi connectivity index (χ1) is 9.20. The molecule has 0 radical (unpaired) electrons. The second kappa shape index (κ2) is 5.86. The molecule has 5 nitrogen and oxygen atoms in total. The van der Waals surface area contributed by atoms with Crippen molar-refractivity contribution in [2.45, 2.75) is 6.61 Å². The molecule has 5 heteroatoms. The van der Waals surface area contributed by atoms with Gasteiger partial charge in [0.25, 0.3) is 5.91 Å². The van der Waals surface area contributed by atoms with Crippen molar-refractivity contribution in [2.75, 3.05) is 7.05 Å². The predicted molar refractivity (Wildman–Crippen MR) is 67.7 cm³/mol. The molecule has 1 heterocycles. The van der Waals surface area contributed by atoms with Crippen LogP contribution in [0.15, 0.2) is 46.9 Å². The van der Waals surface area contributed by atoms with Crippen LogP contribution < -0.4 is 5.32 Å². The number of esters is 1. The molecule has 0 aliphatic rings. The highest BCUT2D eigenvalue weighted by atomic mass is 16.5. The monoisotopic (exact) mass is 259 g/mol. The predicted octanol–water partition coefficient (Wildman–Crippen LogP) is 2.00. The Hall–Kier alpha value is -2.56. The van der Waals surface area contributed by atoms with Gasteiger partial charge in [0.1, 0.15) is 6.61 Å². The Bertz CT molecular complexity index is 574. The Morgan fingerprint density at radius 3 is 2.47 bits per heavy atom. The van der Waals surface area contributed by atoms with Crippen LogP contribution in [-0.2, 0) is 11.3 Å². The number of carbonyl (C=O) groups excluding carboxylic acids is 2. The molecule has 0 bridgehead atoms. The molecule has 2 rings (SSSR count). The van der Waals surface area contributed by atoms with Gasteiger partial charge in [0.2, 0.25) is 5.76 Å². The molecule has 1 amide bonds. The number of hydrogen-bond acceptors (Lipinski definition) is 4. The van der Waals surface area contributed by atoms with E-state index in [-0.39, 0.29) is 24.0 Å². The van der Waals surface area contributed by atoms with Crippen molar-refractivity contribution in [3.63, 3.8) is 0 Å². The number of hydrogen-bond donors (Lipinski definition) is 1. The fraction of sp³-hybridized carbons (Fsp3) is 0.143. The maximum absolute atomic E-state index is 11.7. The molecular weight excluding hydrogens is 246 g/mol. The van der Waals surface area contributed by atoms with Crippen LogP contribution in [-0.4, -0.2) is 18.9 Å². The zero-order valence-corrected chi connectivity index (χ0v) is 10.4. The fourth-order valence-corrected chi connectivity index (χ4v) is 1.49. The Morgan fingerprint density at radius 2 is 1.79 bits per heavy atom. The van der Waals surface area contributed by atoms with Gasteiger partial charge in [0.15, 0.2) is 5.76 Å². The lowest BCUT2D eigenvalue weighted by molar-refractivity contribution is 0.0434. The molecule has 0 saturated heterocycles. The lowest BCUT2D eigenvalue weighted by Crippen LogP contribution is -2.16. The molecule has 0 aliphatic heterocycles. The van der Waals surface area contributed by atoms with Crippen molar-refractivity contribution in [3.05, 3.63) is 59.5 Å². The number of amides is 1. The summed E-state index contributed by atoms with van der Waals surface area (Å²) in [5.74, 6) is -0.898. The first-order valence-electron chi connectivity index (χ1n) is 5.73. The molecular formula is C14H13NO4. The molecule has 2 aromatic rings. The van der Waals surface area contributed by atoms with E-state index in [1.165, 1.54) is 19.2 Å². The van der Waals surface area contributed by atoms with Gasteiger partial charge in [-0.3, -0.25) is 4.79 Å². The van der Waals surface area contributed by atoms with Crippen LogP contribution in [0.25, 0.3) is 0 Å².